The molecule has 0 saturated heterocycles. The lowest BCUT2D eigenvalue weighted by atomic mass is 10.2. The summed E-state index contributed by atoms with van der Waals surface area (Å²) in [5.41, 5.74) is 0. The van der Waals surface area contributed by atoms with Gasteiger partial charge in [0.05, 0.1) is 0 Å². The summed E-state index contributed by atoms with van der Waals surface area (Å²) in [6.07, 6.45) is -2.98. The molecule has 0 N–H and O–H groups in total. The molecule has 0 saturated carbocycles. The maximum Gasteiger partial charge on any atom is 0.335 e. The van der Waals surface area contributed by atoms with Gasteiger partial charge in [-0.05, 0) is 23.9 Å². The van der Waals surface area contributed by atoms with Crippen molar-refractivity contribution in [3.63, 3.8) is 0 Å². The lowest BCUT2D eigenvalue weighted by Crippen LogP contribution is -2.33. The molecule has 0 aromatic heterocycles. The predicted octanol–water partition coefficient (Wildman–Crippen LogP) is 3.69. The smallest absolute Gasteiger partial charge is 0.296 e. The summed E-state index contributed by atoms with van der Waals surface area (Å²) in [5, 5.41) is -3.71. The van der Waals surface area contributed by atoms with Gasteiger partial charge >= 0.3 is 5.25 Å². The molecule has 0 fully saturated rings. The van der Waals surface area contributed by atoms with Gasteiger partial charge in [0.15, 0.2) is 5.78 Å². The number of benzene rings is 1. The Hall–Kier alpha value is -0.970. The third kappa shape index (κ3) is 3.27. The molecule has 16 heavy (non-hydrogen) atoms. The Morgan fingerprint density at radius 3 is 2.44 bits per heavy atom. The van der Waals surface area contributed by atoms with E-state index < -0.39 is 17.2 Å². The lowest BCUT2D eigenvalue weighted by Gasteiger charge is -2.18. The zero-order valence-corrected chi connectivity index (χ0v) is 9.44. The molecule has 0 aliphatic carbocycles. The van der Waals surface area contributed by atoms with E-state index >= 15 is 0 Å². The van der Waals surface area contributed by atoms with Crippen LogP contribution in [0.3, 0.4) is 0 Å². The second kappa shape index (κ2) is 5.39. The highest BCUT2D eigenvalue weighted by molar-refractivity contribution is 8.00. The molecule has 1 nitrogen and oxygen atoms in total. The van der Waals surface area contributed by atoms with Crippen LogP contribution in [0.5, 0.6) is 0 Å². The fourth-order valence-electron chi connectivity index (χ4n) is 1.06. The standard InChI is InChI=1S/C11H11F3OS/c1-2-9(15)10(12)11(13,14)16-8-6-4-3-5-7-8/h3-7,10H,2H2,1H3. The van der Waals surface area contributed by atoms with Crippen molar-refractivity contribution in [3.8, 4) is 0 Å². The number of carbonyl (C=O) groups is 1. The van der Waals surface area contributed by atoms with Crippen molar-refractivity contribution >= 4 is 17.5 Å². The van der Waals surface area contributed by atoms with Gasteiger partial charge in [0, 0.05) is 11.3 Å². The molecule has 88 valence electrons. The van der Waals surface area contributed by atoms with E-state index in [2.05, 4.69) is 0 Å². The molecule has 0 bridgehead atoms. The quantitative estimate of drug-likeness (QED) is 0.739. The zero-order chi connectivity index (χ0) is 12.2. The van der Waals surface area contributed by atoms with Gasteiger partial charge in [-0.3, -0.25) is 4.79 Å². The largest absolute Gasteiger partial charge is 0.335 e. The molecule has 0 spiro atoms. The average molecular weight is 248 g/mol. The van der Waals surface area contributed by atoms with Crippen LogP contribution in [-0.2, 0) is 4.79 Å². The molecule has 0 aliphatic heterocycles. The first kappa shape index (κ1) is 13.1. The van der Waals surface area contributed by atoms with Crippen molar-refractivity contribution in [1.29, 1.82) is 0 Å². The summed E-state index contributed by atoms with van der Waals surface area (Å²) in [4.78, 5) is 11.1. The topological polar surface area (TPSA) is 17.1 Å². The molecule has 0 heterocycles. The molecule has 1 aromatic carbocycles. The number of rotatable bonds is 5. The third-order valence-corrected chi connectivity index (χ3v) is 2.91. The second-order valence-electron chi connectivity index (χ2n) is 3.16. The highest BCUT2D eigenvalue weighted by atomic mass is 32.2. The average Bonchev–Trinajstić information content (AvgIpc) is 2.27. The molecule has 0 amide bonds. The van der Waals surface area contributed by atoms with Crippen molar-refractivity contribution in [1.82, 2.24) is 0 Å². The molecule has 1 aromatic rings. The van der Waals surface area contributed by atoms with Gasteiger partial charge in [0.25, 0.3) is 0 Å². The van der Waals surface area contributed by atoms with Crippen LogP contribution < -0.4 is 0 Å². The van der Waals surface area contributed by atoms with Crippen LogP contribution in [0.15, 0.2) is 35.2 Å². The molecular formula is C11H11F3OS. The fourth-order valence-corrected chi connectivity index (χ4v) is 1.91. The Morgan fingerprint density at radius 1 is 1.38 bits per heavy atom. The summed E-state index contributed by atoms with van der Waals surface area (Å²) in [7, 11) is 0. The van der Waals surface area contributed by atoms with Gasteiger partial charge < -0.3 is 0 Å². The van der Waals surface area contributed by atoms with Crippen molar-refractivity contribution in [2.24, 2.45) is 0 Å². The van der Waals surface area contributed by atoms with Crippen molar-refractivity contribution in [3.05, 3.63) is 30.3 Å². The minimum atomic E-state index is -3.71. The van der Waals surface area contributed by atoms with E-state index in [1.807, 2.05) is 0 Å². The molecule has 1 unspecified atom stereocenters. The van der Waals surface area contributed by atoms with E-state index in [1.54, 1.807) is 18.2 Å². The maximum atomic E-state index is 13.3. The summed E-state index contributed by atoms with van der Waals surface area (Å²) in [5.74, 6) is -1.08. The molecule has 0 radical (unpaired) electrons. The van der Waals surface area contributed by atoms with Crippen molar-refractivity contribution in [2.75, 3.05) is 0 Å². The highest BCUT2D eigenvalue weighted by Gasteiger charge is 2.45. The van der Waals surface area contributed by atoms with Crippen molar-refractivity contribution in [2.45, 2.75) is 29.7 Å². The number of halogens is 3. The van der Waals surface area contributed by atoms with Gasteiger partial charge in [-0.25, -0.2) is 4.39 Å². The number of Topliss-reactive ketones (excluding diaryl/α,β-unsaturated/α-hetero) is 1. The van der Waals surface area contributed by atoms with Crippen LogP contribution in [0, 0.1) is 0 Å². The Morgan fingerprint density at radius 2 is 1.94 bits per heavy atom. The van der Waals surface area contributed by atoms with Crippen molar-refractivity contribution < 1.29 is 18.0 Å². The first-order valence-corrected chi connectivity index (χ1v) is 5.57. The molecular weight excluding hydrogens is 237 g/mol. The van der Waals surface area contributed by atoms with E-state index in [1.165, 1.54) is 19.1 Å². The number of alkyl halides is 3. The van der Waals surface area contributed by atoms with Crippen LogP contribution in [0.1, 0.15) is 13.3 Å². The van der Waals surface area contributed by atoms with E-state index in [-0.39, 0.29) is 23.1 Å². The number of hydrogen-bond acceptors (Lipinski definition) is 2. The van der Waals surface area contributed by atoms with Crippen LogP contribution in [0.25, 0.3) is 0 Å². The lowest BCUT2D eigenvalue weighted by molar-refractivity contribution is -0.130. The number of ketones is 1. The summed E-state index contributed by atoms with van der Waals surface area (Å²) < 4.78 is 39.8. The SMILES string of the molecule is CCC(=O)C(F)C(F)(F)Sc1ccccc1. The first-order valence-electron chi connectivity index (χ1n) is 4.76. The molecule has 1 atom stereocenters. The van der Waals surface area contributed by atoms with Gasteiger partial charge in [-0.2, -0.15) is 8.78 Å². The molecule has 5 heteroatoms. The Balaban J connectivity index is 2.75. The minimum absolute atomic E-state index is 0.0685. The minimum Gasteiger partial charge on any atom is -0.296 e. The summed E-state index contributed by atoms with van der Waals surface area (Å²) in [6.45, 7) is 1.36. The normalized spacial score (nSPS) is 13.5. The van der Waals surface area contributed by atoms with Crippen LogP contribution in [0.2, 0.25) is 0 Å². The van der Waals surface area contributed by atoms with Gasteiger partial charge in [-0.1, -0.05) is 25.1 Å². The Labute approximate surface area is 96.0 Å². The van der Waals surface area contributed by atoms with E-state index in [4.69, 9.17) is 0 Å². The fraction of sp³-hybridized carbons (Fsp3) is 0.364. The first-order chi connectivity index (χ1) is 7.47. The number of carbonyl (C=O) groups excluding carboxylic acids is 1. The Bertz CT molecular complexity index is 354. The van der Waals surface area contributed by atoms with E-state index in [0.29, 0.717) is 0 Å². The summed E-state index contributed by atoms with van der Waals surface area (Å²) >= 11 is 0.0685. The zero-order valence-electron chi connectivity index (χ0n) is 8.62. The molecule has 1 rings (SSSR count). The van der Waals surface area contributed by atoms with Crippen LogP contribution in [-0.4, -0.2) is 17.2 Å². The van der Waals surface area contributed by atoms with Gasteiger partial charge in [0.2, 0.25) is 6.17 Å². The van der Waals surface area contributed by atoms with Gasteiger partial charge in [0.1, 0.15) is 0 Å². The van der Waals surface area contributed by atoms with Crippen LogP contribution in [0.4, 0.5) is 13.2 Å². The maximum absolute atomic E-state index is 13.3. The monoisotopic (exact) mass is 248 g/mol. The Kier molecular flexibility index (Phi) is 4.41. The number of hydrogen-bond donors (Lipinski definition) is 0. The van der Waals surface area contributed by atoms with E-state index in [9.17, 15) is 18.0 Å². The molecule has 0 aliphatic rings. The second-order valence-corrected chi connectivity index (χ2v) is 4.38. The predicted molar refractivity (Wildman–Crippen MR) is 57.4 cm³/mol. The highest BCUT2D eigenvalue weighted by Crippen LogP contribution is 2.40. The van der Waals surface area contributed by atoms with E-state index in [0.717, 1.165) is 0 Å². The van der Waals surface area contributed by atoms with Crippen LogP contribution >= 0.6 is 11.8 Å². The summed E-state index contributed by atoms with van der Waals surface area (Å²) in [6, 6.07) is 7.72. The van der Waals surface area contributed by atoms with Gasteiger partial charge in [-0.15, -0.1) is 0 Å². The third-order valence-electron chi connectivity index (χ3n) is 1.92. The number of thioether (sulfide) groups is 1.